The van der Waals surface area contributed by atoms with Crippen LogP contribution < -0.4 is 0 Å². The fraction of sp³-hybridized carbons (Fsp3) is 0.842. The summed E-state index contributed by atoms with van der Waals surface area (Å²) in [4.78, 5) is 55.4. The van der Waals surface area contributed by atoms with Crippen LogP contribution in [0, 0.1) is 11.8 Å². The molecule has 0 aromatic heterocycles. The SMILES string of the molecule is O=C(O[C@@H]1[C@@H](COP(=O)(O)O)OC(=O)[C@@H]1OC(=O)C1CCCCC1)C1CCCCC1. The summed E-state index contributed by atoms with van der Waals surface area (Å²) < 4.78 is 31.5. The smallest absolute Gasteiger partial charge is 0.453 e. The Bertz CT molecular complexity index is 677. The van der Waals surface area contributed by atoms with Crippen LogP contribution in [0.4, 0.5) is 0 Å². The number of hydrogen-bond donors (Lipinski definition) is 2. The van der Waals surface area contributed by atoms with Crippen LogP contribution in [0.5, 0.6) is 0 Å². The number of ether oxygens (including phenoxy) is 3. The monoisotopic (exact) mass is 448 g/mol. The van der Waals surface area contributed by atoms with Gasteiger partial charge >= 0.3 is 25.7 Å². The van der Waals surface area contributed by atoms with E-state index in [-0.39, 0.29) is 11.8 Å². The molecule has 0 spiro atoms. The Morgan fingerprint density at radius 3 is 1.90 bits per heavy atom. The van der Waals surface area contributed by atoms with Crippen LogP contribution in [0.3, 0.4) is 0 Å². The summed E-state index contributed by atoms with van der Waals surface area (Å²) in [6, 6.07) is 0. The fourth-order valence-corrected chi connectivity index (χ4v) is 4.63. The van der Waals surface area contributed by atoms with Crippen LogP contribution >= 0.6 is 7.82 Å². The summed E-state index contributed by atoms with van der Waals surface area (Å²) in [5.41, 5.74) is 0. The Balaban J connectivity index is 1.70. The van der Waals surface area contributed by atoms with Gasteiger partial charge in [0.2, 0.25) is 6.10 Å². The molecule has 3 aliphatic rings. The fourth-order valence-electron chi connectivity index (χ4n) is 4.29. The molecule has 0 radical (unpaired) electrons. The first-order chi connectivity index (χ1) is 14.2. The molecule has 0 aromatic carbocycles. The van der Waals surface area contributed by atoms with Gasteiger partial charge in [0.1, 0.15) is 0 Å². The van der Waals surface area contributed by atoms with Gasteiger partial charge in [0, 0.05) is 0 Å². The average Bonchev–Trinajstić information content (AvgIpc) is 3.01. The topological polar surface area (TPSA) is 146 Å². The van der Waals surface area contributed by atoms with Crippen molar-refractivity contribution < 1.29 is 47.5 Å². The summed E-state index contributed by atoms with van der Waals surface area (Å²) in [5.74, 6) is -2.65. The van der Waals surface area contributed by atoms with E-state index < -0.39 is 50.6 Å². The molecule has 2 N–H and O–H groups in total. The van der Waals surface area contributed by atoms with E-state index in [0.717, 1.165) is 38.5 Å². The summed E-state index contributed by atoms with van der Waals surface area (Å²) >= 11 is 0. The minimum Gasteiger partial charge on any atom is -0.453 e. The Labute approximate surface area is 174 Å². The lowest BCUT2D eigenvalue weighted by molar-refractivity contribution is -0.174. The van der Waals surface area contributed by atoms with Crippen molar-refractivity contribution in [2.45, 2.75) is 82.5 Å². The highest BCUT2D eigenvalue weighted by molar-refractivity contribution is 7.46. The minimum absolute atomic E-state index is 0.326. The Kier molecular flexibility index (Phi) is 7.90. The highest BCUT2D eigenvalue weighted by Gasteiger charge is 2.51. The number of rotatable bonds is 7. The van der Waals surface area contributed by atoms with Crippen LogP contribution in [0.1, 0.15) is 64.2 Å². The molecule has 3 fully saturated rings. The van der Waals surface area contributed by atoms with E-state index in [2.05, 4.69) is 4.52 Å². The van der Waals surface area contributed by atoms with Crippen LogP contribution in [-0.4, -0.2) is 52.6 Å². The van der Waals surface area contributed by atoms with E-state index >= 15 is 0 Å². The predicted octanol–water partition coefficient (Wildman–Crippen LogP) is 2.01. The van der Waals surface area contributed by atoms with Crippen molar-refractivity contribution >= 4 is 25.7 Å². The third kappa shape index (κ3) is 6.26. The van der Waals surface area contributed by atoms with E-state index in [1.165, 1.54) is 0 Å². The first kappa shape index (κ1) is 23.2. The van der Waals surface area contributed by atoms with Crippen molar-refractivity contribution in [1.82, 2.24) is 0 Å². The lowest BCUT2D eigenvalue weighted by Gasteiger charge is -2.27. The second kappa shape index (κ2) is 10.2. The molecule has 1 heterocycles. The molecule has 0 bridgehead atoms. The highest BCUT2D eigenvalue weighted by atomic mass is 31.2. The molecule has 30 heavy (non-hydrogen) atoms. The molecule has 1 saturated heterocycles. The van der Waals surface area contributed by atoms with E-state index in [4.69, 9.17) is 24.0 Å². The lowest BCUT2D eigenvalue weighted by Crippen LogP contribution is -2.43. The maximum Gasteiger partial charge on any atom is 0.469 e. The number of carbonyl (C=O) groups excluding carboxylic acids is 3. The van der Waals surface area contributed by atoms with E-state index in [0.29, 0.717) is 25.7 Å². The van der Waals surface area contributed by atoms with Crippen LogP contribution in [0.25, 0.3) is 0 Å². The first-order valence-electron chi connectivity index (χ1n) is 10.6. The van der Waals surface area contributed by atoms with Crippen molar-refractivity contribution in [2.75, 3.05) is 6.61 Å². The molecule has 0 amide bonds. The van der Waals surface area contributed by atoms with E-state index in [1.54, 1.807) is 0 Å². The number of esters is 3. The number of carbonyl (C=O) groups is 3. The van der Waals surface area contributed by atoms with Crippen molar-refractivity contribution in [3.63, 3.8) is 0 Å². The average molecular weight is 448 g/mol. The largest absolute Gasteiger partial charge is 0.469 e. The van der Waals surface area contributed by atoms with Crippen molar-refractivity contribution in [3.05, 3.63) is 0 Å². The van der Waals surface area contributed by atoms with Crippen molar-refractivity contribution in [2.24, 2.45) is 11.8 Å². The standard InChI is InChI=1S/C19H29O10P/c20-17(12-7-3-1-4-8-12)28-15-14(11-26-30(23,24)25)27-19(22)16(15)29-18(21)13-9-5-2-6-10-13/h12-16H,1-11H2,(H2,23,24,25)/t14-,15-,16-/m1/s1. The first-order valence-corrected chi connectivity index (χ1v) is 12.1. The quantitative estimate of drug-likeness (QED) is 0.337. The van der Waals surface area contributed by atoms with Crippen molar-refractivity contribution in [1.29, 1.82) is 0 Å². The highest BCUT2D eigenvalue weighted by Crippen LogP contribution is 2.38. The van der Waals surface area contributed by atoms with Crippen LogP contribution in [-0.2, 0) is 37.7 Å². The third-order valence-corrected chi connectivity index (χ3v) is 6.43. The maximum absolute atomic E-state index is 12.6. The summed E-state index contributed by atoms with van der Waals surface area (Å²) in [6.07, 6.45) is 4.25. The van der Waals surface area contributed by atoms with E-state index in [1.807, 2.05) is 0 Å². The molecule has 0 aromatic rings. The van der Waals surface area contributed by atoms with Crippen LogP contribution in [0.15, 0.2) is 0 Å². The van der Waals surface area contributed by atoms with Gasteiger partial charge in [0.05, 0.1) is 18.4 Å². The normalized spacial score (nSPS) is 28.7. The van der Waals surface area contributed by atoms with Gasteiger partial charge in [-0.25, -0.2) is 9.36 Å². The molecular formula is C19H29O10P. The molecule has 11 heteroatoms. The van der Waals surface area contributed by atoms with Gasteiger partial charge in [-0.3, -0.25) is 14.1 Å². The zero-order chi connectivity index (χ0) is 21.7. The van der Waals surface area contributed by atoms with Crippen LogP contribution in [0.2, 0.25) is 0 Å². The lowest BCUT2D eigenvalue weighted by atomic mass is 9.89. The number of cyclic esters (lactones) is 1. The molecule has 10 nitrogen and oxygen atoms in total. The van der Waals surface area contributed by atoms with Gasteiger partial charge in [-0.15, -0.1) is 0 Å². The maximum atomic E-state index is 12.6. The second-order valence-electron chi connectivity index (χ2n) is 8.19. The predicted molar refractivity (Wildman–Crippen MR) is 101 cm³/mol. The zero-order valence-corrected chi connectivity index (χ0v) is 17.7. The zero-order valence-electron chi connectivity index (χ0n) is 16.8. The second-order valence-corrected chi connectivity index (χ2v) is 9.43. The van der Waals surface area contributed by atoms with Gasteiger partial charge in [-0.1, -0.05) is 38.5 Å². The summed E-state index contributed by atoms with van der Waals surface area (Å²) in [6.45, 7) is -0.684. The molecule has 2 aliphatic carbocycles. The number of hydrogen-bond acceptors (Lipinski definition) is 8. The minimum atomic E-state index is -4.83. The van der Waals surface area contributed by atoms with E-state index in [9.17, 15) is 18.9 Å². The summed E-state index contributed by atoms with van der Waals surface area (Å²) in [7, 11) is -4.83. The summed E-state index contributed by atoms with van der Waals surface area (Å²) in [5, 5.41) is 0. The Morgan fingerprint density at radius 1 is 0.900 bits per heavy atom. The molecule has 170 valence electrons. The molecule has 2 saturated carbocycles. The number of phosphoric acid groups is 1. The van der Waals surface area contributed by atoms with Gasteiger partial charge in [-0.2, -0.15) is 0 Å². The molecule has 1 aliphatic heterocycles. The Hall–Kier alpha value is -1.48. The van der Waals surface area contributed by atoms with Gasteiger partial charge in [0.15, 0.2) is 12.2 Å². The van der Waals surface area contributed by atoms with Crippen molar-refractivity contribution in [3.8, 4) is 0 Å². The van der Waals surface area contributed by atoms with Gasteiger partial charge < -0.3 is 24.0 Å². The Morgan fingerprint density at radius 2 is 1.40 bits per heavy atom. The molecule has 0 unspecified atom stereocenters. The third-order valence-electron chi connectivity index (χ3n) is 5.94. The van der Waals surface area contributed by atoms with Gasteiger partial charge in [0.25, 0.3) is 0 Å². The molecular weight excluding hydrogens is 419 g/mol. The molecule has 3 rings (SSSR count). The number of phosphoric ester groups is 1. The molecule has 3 atom stereocenters. The van der Waals surface area contributed by atoms with Gasteiger partial charge in [-0.05, 0) is 25.7 Å².